The number of imidazole rings is 1. The lowest BCUT2D eigenvalue weighted by Gasteiger charge is -2.22. The van der Waals surface area contributed by atoms with Crippen LogP contribution in [0.15, 0.2) is 48.5 Å². The molecule has 2 atom stereocenters. The van der Waals surface area contributed by atoms with Gasteiger partial charge in [-0.2, -0.15) is 0 Å². The van der Waals surface area contributed by atoms with Gasteiger partial charge < -0.3 is 10.3 Å². The van der Waals surface area contributed by atoms with Crippen LogP contribution in [0.5, 0.6) is 0 Å². The SMILES string of the molecule is CCC(C)C(NC(=O)c1cccc(CS(C)(=O)=O)c1)c1nc2ccccc2[nH]1. The van der Waals surface area contributed by atoms with Crippen LogP contribution in [0, 0.1) is 5.92 Å². The Labute approximate surface area is 165 Å². The molecule has 1 amide bonds. The van der Waals surface area contributed by atoms with Gasteiger partial charge in [0.25, 0.3) is 5.91 Å². The second-order valence-corrected chi connectivity index (χ2v) is 9.39. The summed E-state index contributed by atoms with van der Waals surface area (Å²) in [6.45, 7) is 4.14. The van der Waals surface area contributed by atoms with Gasteiger partial charge in [0.2, 0.25) is 0 Å². The Kier molecular flexibility index (Phi) is 5.84. The fraction of sp³-hybridized carbons (Fsp3) is 0.333. The quantitative estimate of drug-likeness (QED) is 0.635. The molecule has 148 valence electrons. The molecular formula is C21H25N3O3S. The average molecular weight is 400 g/mol. The molecule has 0 fully saturated rings. The third kappa shape index (κ3) is 4.78. The van der Waals surface area contributed by atoms with Crippen molar-refractivity contribution in [3.05, 3.63) is 65.5 Å². The van der Waals surface area contributed by atoms with E-state index in [4.69, 9.17) is 0 Å². The molecule has 2 N–H and O–H groups in total. The first-order chi connectivity index (χ1) is 13.3. The number of carbonyl (C=O) groups is 1. The van der Waals surface area contributed by atoms with Gasteiger partial charge in [-0.25, -0.2) is 13.4 Å². The van der Waals surface area contributed by atoms with Gasteiger partial charge in [-0.15, -0.1) is 0 Å². The van der Waals surface area contributed by atoms with E-state index in [1.54, 1.807) is 24.3 Å². The maximum atomic E-state index is 12.9. The highest BCUT2D eigenvalue weighted by molar-refractivity contribution is 7.89. The Morgan fingerprint density at radius 1 is 1.18 bits per heavy atom. The molecule has 2 aromatic carbocycles. The molecule has 0 aliphatic rings. The molecule has 0 spiro atoms. The number of aromatic nitrogens is 2. The summed E-state index contributed by atoms with van der Waals surface area (Å²) in [6.07, 6.45) is 2.05. The number of H-pyrrole nitrogens is 1. The van der Waals surface area contributed by atoms with E-state index in [2.05, 4.69) is 29.1 Å². The van der Waals surface area contributed by atoms with Crippen molar-refractivity contribution in [3.63, 3.8) is 0 Å². The zero-order valence-corrected chi connectivity index (χ0v) is 17.1. The van der Waals surface area contributed by atoms with Crippen molar-refractivity contribution >= 4 is 26.8 Å². The molecular weight excluding hydrogens is 374 g/mol. The van der Waals surface area contributed by atoms with Gasteiger partial charge in [0, 0.05) is 11.8 Å². The van der Waals surface area contributed by atoms with E-state index in [1.807, 2.05) is 24.3 Å². The van der Waals surface area contributed by atoms with Crippen molar-refractivity contribution in [1.29, 1.82) is 0 Å². The van der Waals surface area contributed by atoms with Crippen molar-refractivity contribution in [1.82, 2.24) is 15.3 Å². The number of nitrogens with one attached hydrogen (secondary N) is 2. The number of carbonyl (C=O) groups excluding carboxylic acids is 1. The minimum absolute atomic E-state index is 0.0908. The van der Waals surface area contributed by atoms with Crippen molar-refractivity contribution in [3.8, 4) is 0 Å². The molecule has 0 saturated carbocycles. The molecule has 1 heterocycles. The average Bonchev–Trinajstić information content (AvgIpc) is 3.08. The second-order valence-electron chi connectivity index (χ2n) is 7.25. The van der Waals surface area contributed by atoms with Gasteiger partial charge in [0.1, 0.15) is 5.82 Å². The standard InChI is InChI=1S/C21H25N3O3S/c1-4-14(2)19(20-22-17-10-5-6-11-18(17)23-20)24-21(25)16-9-7-8-15(12-16)13-28(3,26)27/h5-12,14,19H,4,13H2,1-3H3,(H,22,23)(H,24,25). The zero-order valence-electron chi connectivity index (χ0n) is 16.3. The number of fused-ring (bicyclic) bond motifs is 1. The maximum absolute atomic E-state index is 12.9. The fourth-order valence-electron chi connectivity index (χ4n) is 3.17. The van der Waals surface area contributed by atoms with Gasteiger partial charge in [-0.1, -0.05) is 44.5 Å². The zero-order chi connectivity index (χ0) is 20.3. The lowest BCUT2D eigenvalue weighted by molar-refractivity contribution is 0.0920. The van der Waals surface area contributed by atoms with Crippen LogP contribution >= 0.6 is 0 Å². The fourth-order valence-corrected chi connectivity index (χ4v) is 3.95. The van der Waals surface area contributed by atoms with Crippen molar-refractivity contribution < 1.29 is 13.2 Å². The van der Waals surface area contributed by atoms with E-state index < -0.39 is 9.84 Å². The van der Waals surface area contributed by atoms with Crippen LogP contribution in [-0.2, 0) is 15.6 Å². The summed E-state index contributed by atoms with van der Waals surface area (Å²) in [6, 6.07) is 14.2. The molecule has 0 aliphatic carbocycles. The minimum Gasteiger partial charge on any atom is -0.342 e. The van der Waals surface area contributed by atoms with Crippen molar-refractivity contribution in [2.24, 2.45) is 5.92 Å². The number of hydrogen-bond acceptors (Lipinski definition) is 4. The largest absolute Gasteiger partial charge is 0.342 e. The van der Waals surface area contributed by atoms with Crippen LogP contribution in [0.2, 0.25) is 0 Å². The van der Waals surface area contributed by atoms with Gasteiger partial charge in [0.05, 0.1) is 22.8 Å². The molecule has 6 nitrogen and oxygen atoms in total. The number of para-hydroxylation sites is 2. The molecule has 7 heteroatoms. The van der Waals surface area contributed by atoms with Crippen molar-refractivity contribution in [2.45, 2.75) is 32.1 Å². The summed E-state index contributed by atoms with van der Waals surface area (Å²) >= 11 is 0. The Morgan fingerprint density at radius 2 is 1.93 bits per heavy atom. The summed E-state index contributed by atoms with van der Waals surface area (Å²) < 4.78 is 23.1. The molecule has 3 rings (SSSR count). The number of nitrogens with zero attached hydrogens (tertiary/aromatic N) is 1. The number of rotatable bonds is 7. The van der Waals surface area contributed by atoms with Crippen molar-refractivity contribution in [2.75, 3.05) is 6.26 Å². The van der Waals surface area contributed by atoms with Crippen LogP contribution in [0.1, 0.15) is 48.1 Å². The number of benzene rings is 2. The predicted octanol–water partition coefficient (Wildman–Crippen LogP) is 3.62. The summed E-state index contributed by atoms with van der Waals surface area (Å²) in [5.74, 6) is 0.549. The van der Waals surface area contributed by atoms with Crippen LogP contribution in [0.4, 0.5) is 0 Å². The minimum atomic E-state index is -3.16. The normalized spacial score (nSPS) is 14.0. The summed E-state index contributed by atoms with van der Waals surface area (Å²) in [4.78, 5) is 20.8. The highest BCUT2D eigenvalue weighted by atomic mass is 32.2. The topological polar surface area (TPSA) is 91.9 Å². The number of amides is 1. The lowest BCUT2D eigenvalue weighted by atomic mass is 9.98. The summed E-state index contributed by atoms with van der Waals surface area (Å²) in [7, 11) is -3.16. The van der Waals surface area contributed by atoms with Gasteiger partial charge >= 0.3 is 0 Å². The monoisotopic (exact) mass is 399 g/mol. The number of sulfone groups is 1. The smallest absolute Gasteiger partial charge is 0.251 e. The van der Waals surface area contributed by atoms with Gasteiger partial charge in [0.15, 0.2) is 9.84 Å². The van der Waals surface area contributed by atoms with Gasteiger partial charge in [-0.05, 0) is 35.7 Å². The molecule has 0 bridgehead atoms. The van der Waals surface area contributed by atoms with E-state index in [1.165, 1.54) is 6.26 Å². The first kappa shape index (κ1) is 20.1. The van der Waals surface area contributed by atoms with E-state index in [0.29, 0.717) is 11.1 Å². The van der Waals surface area contributed by atoms with E-state index >= 15 is 0 Å². The molecule has 1 aromatic heterocycles. The Balaban J connectivity index is 1.87. The Morgan fingerprint density at radius 3 is 2.61 bits per heavy atom. The Bertz CT molecular complexity index is 1060. The van der Waals surface area contributed by atoms with Crippen LogP contribution in [0.25, 0.3) is 11.0 Å². The number of aromatic amines is 1. The lowest BCUT2D eigenvalue weighted by Crippen LogP contribution is -2.33. The van der Waals surface area contributed by atoms with E-state index in [-0.39, 0.29) is 23.6 Å². The molecule has 0 radical (unpaired) electrons. The van der Waals surface area contributed by atoms with E-state index in [9.17, 15) is 13.2 Å². The first-order valence-corrected chi connectivity index (χ1v) is 11.3. The third-order valence-corrected chi connectivity index (χ3v) is 5.68. The molecule has 2 unspecified atom stereocenters. The van der Waals surface area contributed by atoms with Crippen LogP contribution < -0.4 is 5.32 Å². The second kappa shape index (κ2) is 8.14. The summed E-state index contributed by atoms with van der Waals surface area (Å²) in [5.41, 5.74) is 2.81. The number of hydrogen-bond donors (Lipinski definition) is 2. The molecule has 3 aromatic rings. The first-order valence-electron chi connectivity index (χ1n) is 9.29. The summed E-state index contributed by atoms with van der Waals surface area (Å²) in [5, 5.41) is 3.07. The van der Waals surface area contributed by atoms with Gasteiger partial charge in [-0.3, -0.25) is 4.79 Å². The Hall–Kier alpha value is -2.67. The maximum Gasteiger partial charge on any atom is 0.251 e. The highest BCUT2D eigenvalue weighted by Gasteiger charge is 2.24. The van der Waals surface area contributed by atoms with Crippen LogP contribution in [-0.4, -0.2) is 30.5 Å². The van der Waals surface area contributed by atoms with Crippen LogP contribution in [0.3, 0.4) is 0 Å². The highest BCUT2D eigenvalue weighted by Crippen LogP contribution is 2.25. The molecule has 28 heavy (non-hydrogen) atoms. The van der Waals surface area contributed by atoms with E-state index in [0.717, 1.165) is 23.3 Å². The predicted molar refractivity (Wildman–Crippen MR) is 111 cm³/mol. The molecule has 0 saturated heterocycles. The third-order valence-electron chi connectivity index (χ3n) is 4.82. The molecule has 0 aliphatic heterocycles.